The summed E-state index contributed by atoms with van der Waals surface area (Å²) in [5.41, 5.74) is 7.11. The molecule has 92 valence electrons. The van der Waals surface area contributed by atoms with Crippen LogP contribution in [0.25, 0.3) is 0 Å². The first-order valence-corrected chi connectivity index (χ1v) is 5.40. The SMILES string of the molecule is Cn1cc(NC(=O)c2ccc(N)cc2)ccc1=O. The van der Waals surface area contributed by atoms with E-state index < -0.39 is 0 Å². The summed E-state index contributed by atoms with van der Waals surface area (Å²) in [6, 6.07) is 9.58. The minimum atomic E-state index is -0.242. The van der Waals surface area contributed by atoms with Crippen molar-refractivity contribution in [2.45, 2.75) is 0 Å². The molecule has 0 aliphatic heterocycles. The van der Waals surface area contributed by atoms with E-state index >= 15 is 0 Å². The molecule has 1 aromatic carbocycles. The molecule has 5 nitrogen and oxygen atoms in total. The van der Waals surface area contributed by atoms with E-state index in [4.69, 9.17) is 5.73 Å². The Morgan fingerprint density at radius 3 is 2.44 bits per heavy atom. The van der Waals surface area contributed by atoms with Crippen LogP contribution in [0.4, 0.5) is 11.4 Å². The fraction of sp³-hybridized carbons (Fsp3) is 0.0769. The molecular weight excluding hydrogens is 230 g/mol. The highest BCUT2D eigenvalue weighted by Gasteiger charge is 2.05. The second kappa shape index (κ2) is 4.75. The van der Waals surface area contributed by atoms with E-state index in [1.807, 2.05) is 0 Å². The highest BCUT2D eigenvalue weighted by molar-refractivity contribution is 6.04. The summed E-state index contributed by atoms with van der Waals surface area (Å²) in [5, 5.41) is 2.71. The minimum absolute atomic E-state index is 0.125. The largest absolute Gasteiger partial charge is 0.399 e. The van der Waals surface area contributed by atoms with Crippen LogP contribution in [-0.2, 0) is 7.05 Å². The Balaban J connectivity index is 2.18. The maximum atomic E-state index is 11.9. The molecule has 1 heterocycles. The molecule has 0 unspecified atom stereocenters. The van der Waals surface area contributed by atoms with Crippen LogP contribution in [0.3, 0.4) is 0 Å². The number of anilines is 2. The summed E-state index contributed by atoms with van der Waals surface area (Å²) in [5.74, 6) is -0.242. The van der Waals surface area contributed by atoms with Crippen LogP contribution in [0, 0.1) is 0 Å². The molecule has 0 saturated carbocycles. The maximum Gasteiger partial charge on any atom is 0.255 e. The fourth-order valence-electron chi connectivity index (χ4n) is 1.51. The van der Waals surface area contributed by atoms with Gasteiger partial charge in [-0.15, -0.1) is 0 Å². The van der Waals surface area contributed by atoms with E-state index in [1.165, 1.54) is 10.6 Å². The van der Waals surface area contributed by atoms with Crippen molar-refractivity contribution in [3.63, 3.8) is 0 Å². The predicted octanol–water partition coefficient (Wildman–Crippen LogP) is 1.22. The van der Waals surface area contributed by atoms with E-state index in [2.05, 4.69) is 5.32 Å². The second-order valence-electron chi connectivity index (χ2n) is 3.94. The van der Waals surface area contributed by atoms with E-state index in [9.17, 15) is 9.59 Å². The van der Waals surface area contributed by atoms with Gasteiger partial charge >= 0.3 is 0 Å². The average molecular weight is 243 g/mol. The van der Waals surface area contributed by atoms with E-state index in [0.717, 1.165) is 0 Å². The molecule has 1 aromatic heterocycles. The van der Waals surface area contributed by atoms with Crippen molar-refractivity contribution < 1.29 is 4.79 Å². The lowest BCUT2D eigenvalue weighted by Crippen LogP contribution is -2.17. The second-order valence-corrected chi connectivity index (χ2v) is 3.94. The average Bonchev–Trinajstić information content (AvgIpc) is 2.34. The number of aromatic nitrogens is 1. The number of nitrogen functional groups attached to an aromatic ring is 1. The molecule has 1 amide bonds. The number of carbonyl (C=O) groups is 1. The zero-order valence-electron chi connectivity index (χ0n) is 9.88. The Morgan fingerprint density at radius 2 is 1.83 bits per heavy atom. The van der Waals surface area contributed by atoms with Crippen LogP contribution in [0.5, 0.6) is 0 Å². The van der Waals surface area contributed by atoms with E-state index in [1.54, 1.807) is 43.6 Å². The van der Waals surface area contributed by atoms with Crippen molar-refractivity contribution in [1.29, 1.82) is 0 Å². The predicted molar refractivity (Wildman–Crippen MR) is 70.5 cm³/mol. The van der Waals surface area contributed by atoms with Gasteiger partial charge in [0.05, 0.1) is 5.69 Å². The van der Waals surface area contributed by atoms with Gasteiger partial charge in [0, 0.05) is 30.6 Å². The molecule has 18 heavy (non-hydrogen) atoms. The maximum absolute atomic E-state index is 11.9. The van der Waals surface area contributed by atoms with Crippen molar-refractivity contribution >= 4 is 17.3 Å². The molecular formula is C13H13N3O2. The molecule has 0 bridgehead atoms. The number of nitrogens with one attached hydrogen (secondary N) is 1. The highest BCUT2D eigenvalue weighted by atomic mass is 16.1. The fourth-order valence-corrected chi connectivity index (χ4v) is 1.51. The van der Waals surface area contributed by atoms with Crippen molar-refractivity contribution in [1.82, 2.24) is 4.57 Å². The number of nitrogens with zero attached hydrogens (tertiary/aromatic N) is 1. The normalized spacial score (nSPS) is 10.1. The minimum Gasteiger partial charge on any atom is -0.399 e. The number of rotatable bonds is 2. The third-order valence-corrected chi connectivity index (χ3v) is 2.52. The van der Waals surface area contributed by atoms with Crippen LogP contribution in [0.1, 0.15) is 10.4 Å². The summed E-state index contributed by atoms with van der Waals surface area (Å²) >= 11 is 0. The monoisotopic (exact) mass is 243 g/mol. The Hall–Kier alpha value is -2.56. The van der Waals surface area contributed by atoms with Gasteiger partial charge < -0.3 is 15.6 Å². The molecule has 0 aliphatic carbocycles. The third kappa shape index (κ3) is 2.57. The Bertz CT molecular complexity index is 629. The summed E-state index contributed by atoms with van der Waals surface area (Å²) in [7, 11) is 1.63. The van der Waals surface area contributed by atoms with Crippen molar-refractivity contribution in [3.8, 4) is 0 Å². The lowest BCUT2D eigenvalue weighted by molar-refractivity contribution is 0.102. The number of hydrogen-bond acceptors (Lipinski definition) is 3. The number of carbonyl (C=O) groups excluding carboxylic acids is 1. The summed E-state index contributed by atoms with van der Waals surface area (Å²) in [6.45, 7) is 0. The molecule has 0 atom stereocenters. The van der Waals surface area contributed by atoms with Crippen molar-refractivity contribution in [3.05, 3.63) is 58.5 Å². The van der Waals surface area contributed by atoms with Crippen molar-refractivity contribution in [2.75, 3.05) is 11.1 Å². The Labute approximate surface area is 104 Å². The number of hydrogen-bond donors (Lipinski definition) is 2. The van der Waals surface area contributed by atoms with E-state index in [0.29, 0.717) is 16.9 Å². The molecule has 0 spiro atoms. The molecule has 2 rings (SSSR count). The first-order valence-electron chi connectivity index (χ1n) is 5.40. The van der Waals surface area contributed by atoms with Gasteiger partial charge in [0.2, 0.25) is 5.56 Å². The van der Waals surface area contributed by atoms with Gasteiger partial charge in [0.15, 0.2) is 0 Å². The number of aryl methyl sites for hydroxylation is 1. The molecule has 2 aromatic rings. The standard InChI is InChI=1S/C13H13N3O2/c1-16-8-11(6-7-12(16)17)15-13(18)9-2-4-10(14)5-3-9/h2-8H,14H2,1H3,(H,15,18). The molecule has 0 fully saturated rings. The van der Waals surface area contributed by atoms with Gasteiger partial charge in [-0.2, -0.15) is 0 Å². The van der Waals surface area contributed by atoms with Gasteiger partial charge in [-0.1, -0.05) is 0 Å². The zero-order valence-corrected chi connectivity index (χ0v) is 9.88. The molecule has 0 saturated heterocycles. The number of amides is 1. The smallest absolute Gasteiger partial charge is 0.255 e. The number of nitrogens with two attached hydrogens (primary N) is 1. The zero-order chi connectivity index (χ0) is 13.1. The number of pyridine rings is 1. The van der Waals surface area contributed by atoms with Gasteiger partial charge in [0.1, 0.15) is 0 Å². The number of benzene rings is 1. The van der Waals surface area contributed by atoms with Crippen LogP contribution < -0.4 is 16.6 Å². The highest BCUT2D eigenvalue weighted by Crippen LogP contribution is 2.09. The van der Waals surface area contributed by atoms with Gasteiger partial charge in [0.25, 0.3) is 5.91 Å². The Morgan fingerprint density at radius 1 is 1.17 bits per heavy atom. The third-order valence-electron chi connectivity index (χ3n) is 2.52. The molecule has 3 N–H and O–H groups in total. The van der Waals surface area contributed by atoms with Crippen LogP contribution in [-0.4, -0.2) is 10.5 Å². The van der Waals surface area contributed by atoms with Crippen molar-refractivity contribution in [2.24, 2.45) is 7.05 Å². The lowest BCUT2D eigenvalue weighted by Gasteiger charge is -2.06. The first kappa shape index (κ1) is 11.9. The quantitative estimate of drug-likeness (QED) is 0.778. The van der Waals surface area contributed by atoms with E-state index in [-0.39, 0.29) is 11.5 Å². The summed E-state index contributed by atoms with van der Waals surface area (Å²) in [6.07, 6.45) is 1.57. The van der Waals surface area contributed by atoms with Gasteiger partial charge in [-0.3, -0.25) is 9.59 Å². The first-order chi connectivity index (χ1) is 8.56. The van der Waals surface area contributed by atoms with Crippen LogP contribution in [0.2, 0.25) is 0 Å². The molecule has 0 aliphatic rings. The van der Waals surface area contributed by atoms with Crippen LogP contribution >= 0.6 is 0 Å². The molecule has 0 radical (unpaired) electrons. The molecule has 5 heteroatoms. The van der Waals surface area contributed by atoms with Gasteiger partial charge in [-0.25, -0.2) is 0 Å². The summed E-state index contributed by atoms with van der Waals surface area (Å²) in [4.78, 5) is 23.1. The Kier molecular flexibility index (Phi) is 3.14. The topological polar surface area (TPSA) is 77.1 Å². The van der Waals surface area contributed by atoms with Gasteiger partial charge in [-0.05, 0) is 30.3 Å². The summed E-state index contributed by atoms with van der Waals surface area (Å²) < 4.78 is 1.40. The van der Waals surface area contributed by atoms with Crippen LogP contribution in [0.15, 0.2) is 47.4 Å². The lowest BCUT2D eigenvalue weighted by atomic mass is 10.2.